The van der Waals surface area contributed by atoms with E-state index in [4.69, 9.17) is 4.98 Å². The molecule has 5 heteroatoms. The first-order chi connectivity index (χ1) is 11.7. The van der Waals surface area contributed by atoms with Gasteiger partial charge >= 0.3 is 0 Å². The molecule has 2 heterocycles. The van der Waals surface area contributed by atoms with E-state index in [-0.39, 0.29) is 11.5 Å². The molecule has 1 amide bonds. The number of hydrogen-bond acceptors (Lipinski definition) is 3. The second kappa shape index (κ2) is 6.32. The summed E-state index contributed by atoms with van der Waals surface area (Å²) in [6.07, 6.45) is 1.75. The lowest BCUT2D eigenvalue weighted by Crippen LogP contribution is -2.38. The zero-order chi connectivity index (χ0) is 16.5. The third kappa shape index (κ3) is 2.80. The number of amides is 1. The van der Waals surface area contributed by atoms with Crippen molar-refractivity contribution in [3.05, 3.63) is 64.9 Å². The van der Waals surface area contributed by atoms with Crippen molar-refractivity contribution in [3.63, 3.8) is 0 Å². The van der Waals surface area contributed by atoms with E-state index in [9.17, 15) is 9.18 Å². The van der Waals surface area contributed by atoms with Crippen LogP contribution in [0.4, 0.5) is 4.39 Å². The third-order valence-corrected chi connectivity index (χ3v) is 5.74. The Bertz CT molecular complexity index is 851. The Hall–Kier alpha value is -2.27. The number of aromatic nitrogens is 1. The first kappa shape index (κ1) is 15.3. The summed E-state index contributed by atoms with van der Waals surface area (Å²) in [4.78, 5) is 19.0. The molecule has 0 unspecified atom stereocenters. The van der Waals surface area contributed by atoms with Gasteiger partial charge in [0.2, 0.25) is 0 Å². The SMILES string of the molecule is O=C(c1ccccc1F)N1CCC(c2nc3ccccc3s2)CC1. The molecule has 1 fully saturated rings. The summed E-state index contributed by atoms with van der Waals surface area (Å²) in [6.45, 7) is 1.29. The first-order valence-corrected chi connectivity index (χ1v) is 8.93. The molecule has 0 radical (unpaired) electrons. The van der Waals surface area contributed by atoms with Crippen molar-refractivity contribution in [2.75, 3.05) is 13.1 Å². The number of piperidine rings is 1. The van der Waals surface area contributed by atoms with Crippen LogP contribution in [0.1, 0.15) is 34.1 Å². The van der Waals surface area contributed by atoms with E-state index in [1.807, 2.05) is 18.2 Å². The van der Waals surface area contributed by atoms with Crippen molar-refractivity contribution in [1.29, 1.82) is 0 Å². The Morgan fingerprint density at radius 3 is 2.54 bits per heavy atom. The zero-order valence-corrected chi connectivity index (χ0v) is 13.9. The van der Waals surface area contributed by atoms with Crippen LogP contribution in [0.5, 0.6) is 0 Å². The van der Waals surface area contributed by atoms with Crippen LogP contribution in [0, 0.1) is 5.82 Å². The predicted molar refractivity (Wildman–Crippen MR) is 93.9 cm³/mol. The minimum Gasteiger partial charge on any atom is -0.339 e. The van der Waals surface area contributed by atoms with Gasteiger partial charge in [0.1, 0.15) is 5.82 Å². The van der Waals surface area contributed by atoms with Gasteiger partial charge in [-0.1, -0.05) is 24.3 Å². The van der Waals surface area contributed by atoms with Crippen LogP contribution in [0.15, 0.2) is 48.5 Å². The predicted octanol–water partition coefficient (Wildman–Crippen LogP) is 4.46. The van der Waals surface area contributed by atoms with Crippen LogP contribution in [0.2, 0.25) is 0 Å². The van der Waals surface area contributed by atoms with Crippen molar-refractivity contribution in [3.8, 4) is 0 Å². The van der Waals surface area contributed by atoms with E-state index in [1.165, 1.54) is 10.8 Å². The summed E-state index contributed by atoms with van der Waals surface area (Å²) in [5.41, 5.74) is 1.21. The monoisotopic (exact) mass is 340 g/mol. The molecule has 1 saturated heterocycles. The van der Waals surface area contributed by atoms with Gasteiger partial charge in [-0.3, -0.25) is 4.79 Å². The smallest absolute Gasteiger partial charge is 0.256 e. The number of fused-ring (bicyclic) bond motifs is 1. The number of carbonyl (C=O) groups excluding carboxylic acids is 1. The maximum atomic E-state index is 13.8. The molecule has 0 atom stereocenters. The van der Waals surface area contributed by atoms with E-state index < -0.39 is 5.82 Å². The maximum absolute atomic E-state index is 13.8. The van der Waals surface area contributed by atoms with Crippen molar-refractivity contribution in [2.45, 2.75) is 18.8 Å². The van der Waals surface area contributed by atoms with Gasteiger partial charge in [-0.25, -0.2) is 9.37 Å². The Kier molecular flexibility index (Phi) is 4.02. The zero-order valence-electron chi connectivity index (χ0n) is 13.1. The summed E-state index contributed by atoms with van der Waals surface area (Å²) in [5, 5.41) is 1.15. The van der Waals surface area contributed by atoms with E-state index in [0.29, 0.717) is 19.0 Å². The minimum absolute atomic E-state index is 0.163. The number of rotatable bonds is 2. The number of likely N-dealkylation sites (tertiary alicyclic amines) is 1. The Morgan fingerprint density at radius 1 is 1.08 bits per heavy atom. The molecular formula is C19H17FN2OS. The second-order valence-electron chi connectivity index (χ2n) is 6.07. The molecule has 24 heavy (non-hydrogen) atoms. The van der Waals surface area contributed by atoms with Gasteiger partial charge in [0.25, 0.3) is 5.91 Å². The fourth-order valence-electron chi connectivity index (χ4n) is 3.20. The van der Waals surface area contributed by atoms with Crippen LogP contribution in [-0.4, -0.2) is 28.9 Å². The number of thiazole rings is 1. The Balaban J connectivity index is 1.47. The van der Waals surface area contributed by atoms with Crippen molar-refractivity contribution in [2.24, 2.45) is 0 Å². The quantitative estimate of drug-likeness (QED) is 0.690. The molecule has 0 saturated carbocycles. The van der Waals surface area contributed by atoms with Crippen LogP contribution in [-0.2, 0) is 0 Å². The maximum Gasteiger partial charge on any atom is 0.256 e. The molecule has 1 aromatic heterocycles. The van der Waals surface area contributed by atoms with Crippen LogP contribution in [0.3, 0.4) is 0 Å². The lowest BCUT2D eigenvalue weighted by atomic mass is 9.97. The second-order valence-corrected chi connectivity index (χ2v) is 7.13. The summed E-state index contributed by atoms with van der Waals surface area (Å²) in [6, 6.07) is 14.3. The third-order valence-electron chi connectivity index (χ3n) is 4.55. The number of hydrogen-bond donors (Lipinski definition) is 0. The van der Waals surface area contributed by atoms with Gasteiger partial charge in [-0.05, 0) is 37.1 Å². The number of nitrogens with zero attached hydrogens (tertiary/aromatic N) is 2. The fraction of sp³-hybridized carbons (Fsp3) is 0.263. The normalized spacial score (nSPS) is 15.8. The van der Waals surface area contributed by atoms with Crippen LogP contribution >= 0.6 is 11.3 Å². The molecule has 0 N–H and O–H groups in total. The largest absolute Gasteiger partial charge is 0.339 e. The molecule has 3 aromatic rings. The Labute approximate surface area is 143 Å². The summed E-state index contributed by atoms with van der Waals surface area (Å²) >= 11 is 1.74. The highest BCUT2D eigenvalue weighted by atomic mass is 32.1. The highest BCUT2D eigenvalue weighted by Crippen LogP contribution is 2.34. The number of carbonyl (C=O) groups is 1. The number of para-hydroxylation sites is 1. The lowest BCUT2D eigenvalue weighted by molar-refractivity contribution is 0.0708. The molecule has 3 nitrogen and oxygen atoms in total. The van der Waals surface area contributed by atoms with E-state index in [0.717, 1.165) is 23.4 Å². The molecule has 0 spiro atoms. The first-order valence-electron chi connectivity index (χ1n) is 8.11. The highest BCUT2D eigenvalue weighted by molar-refractivity contribution is 7.18. The molecule has 4 rings (SSSR count). The molecule has 2 aromatic carbocycles. The van der Waals surface area contributed by atoms with Gasteiger partial charge in [0.15, 0.2) is 0 Å². The Morgan fingerprint density at radius 2 is 1.79 bits per heavy atom. The standard InChI is InChI=1S/C19H17FN2OS/c20-15-6-2-1-5-14(15)19(23)22-11-9-13(10-12-22)18-21-16-7-3-4-8-17(16)24-18/h1-8,13H,9-12H2. The van der Waals surface area contributed by atoms with Gasteiger partial charge in [-0.15, -0.1) is 11.3 Å². The van der Waals surface area contributed by atoms with E-state index in [2.05, 4.69) is 6.07 Å². The fourth-order valence-corrected chi connectivity index (χ4v) is 4.34. The molecule has 1 aliphatic heterocycles. The summed E-state index contributed by atoms with van der Waals surface area (Å²) in [5.74, 6) is -0.279. The minimum atomic E-state index is -0.448. The number of halogens is 1. The van der Waals surface area contributed by atoms with Crippen LogP contribution in [0.25, 0.3) is 10.2 Å². The molecular weight excluding hydrogens is 323 g/mol. The molecule has 1 aliphatic rings. The van der Waals surface area contributed by atoms with Gasteiger partial charge in [0.05, 0.1) is 20.8 Å². The van der Waals surface area contributed by atoms with Crippen molar-refractivity contribution >= 4 is 27.5 Å². The molecule has 0 bridgehead atoms. The average molecular weight is 340 g/mol. The highest BCUT2D eigenvalue weighted by Gasteiger charge is 2.27. The number of benzene rings is 2. The van der Waals surface area contributed by atoms with Crippen molar-refractivity contribution in [1.82, 2.24) is 9.88 Å². The summed E-state index contributed by atoms with van der Waals surface area (Å²) in [7, 11) is 0. The van der Waals surface area contributed by atoms with Gasteiger partial charge in [-0.2, -0.15) is 0 Å². The van der Waals surface area contributed by atoms with Crippen LogP contribution < -0.4 is 0 Å². The molecule has 122 valence electrons. The van der Waals surface area contributed by atoms with Gasteiger partial charge in [0, 0.05) is 19.0 Å². The van der Waals surface area contributed by atoms with E-state index in [1.54, 1.807) is 34.4 Å². The van der Waals surface area contributed by atoms with Crippen molar-refractivity contribution < 1.29 is 9.18 Å². The average Bonchev–Trinajstić information content (AvgIpc) is 3.06. The summed E-state index contributed by atoms with van der Waals surface area (Å²) < 4.78 is 15.0. The lowest BCUT2D eigenvalue weighted by Gasteiger charge is -2.31. The van der Waals surface area contributed by atoms with E-state index >= 15 is 0 Å². The van der Waals surface area contributed by atoms with Gasteiger partial charge < -0.3 is 4.90 Å². The topological polar surface area (TPSA) is 33.2 Å². The molecule has 0 aliphatic carbocycles.